The van der Waals surface area contributed by atoms with Crippen LogP contribution in [0.5, 0.6) is 6.01 Å². The van der Waals surface area contributed by atoms with Crippen molar-refractivity contribution < 1.29 is 4.74 Å². The first kappa shape index (κ1) is 12.8. The molecule has 0 aromatic carbocycles. The third-order valence-electron chi connectivity index (χ3n) is 2.98. The molecule has 1 heterocycles. The van der Waals surface area contributed by atoms with Crippen molar-refractivity contribution in [1.29, 1.82) is 0 Å². The van der Waals surface area contributed by atoms with E-state index >= 15 is 0 Å². The Hall–Kier alpha value is -1.63. The minimum absolute atomic E-state index is 0.297. The van der Waals surface area contributed by atoms with E-state index in [1.807, 2.05) is 6.92 Å². The zero-order valence-corrected chi connectivity index (χ0v) is 10.8. The Bertz CT molecular complexity index is 399. The molecule has 0 amide bonds. The van der Waals surface area contributed by atoms with Crippen LogP contribution in [0.1, 0.15) is 26.7 Å². The van der Waals surface area contributed by atoms with Crippen molar-refractivity contribution in [3.8, 4) is 6.01 Å². The van der Waals surface area contributed by atoms with Crippen LogP contribution >= 0.6 is 0 Å². The van der Waals surface area contributed by atoms with Crippen molar-refractivity contribution >= 4 is 11.9 Å². The number of hydrogen-bond acceptors (Lipinski definition) is 7. The van der Waals surface area contributed by atoms with Crippen LogP contribution in [0.25, 0.3) is 0 Å². The van der Waals surface area contributed by atoms with Gasteiger partial charge in [0, 0.05) is 6.54 Å². The van der Waals surface area contributed by atoms with Crippen LogP contribution in [-0.4, -0.2) is 28.1 Å². The van der Waals surface area contributed by atoms with Gasteiger partial charge in [0.25, 0.3) is 0 Å². The van der Waals surface area contributed by atoms with Crippen molar-refractivity contribution in [3.63, 3.8) is 0 Å². The summed E-state index contributed by atoms with van der Waals surface area (Å²) in [4.78, 5) is 12.4. The third-order valence-corrected chi connectivity index (χ3v) is 2.98. The summed E-state index contributed by atoms with van der Waals surface area (Å²) in [5, 5.41) is 3.19. The van der Waals surface area contributed by atoms with Gasteiger partial charge in [-0.2, -0.15) is 15.0 Å². The molecular formula is C11H20N6O. The molecule has 7 nitrogen and oxygen atoms in total. The minimum Gasteiger partial charge on any atom is -0.463 e. The Morgan fingerprint density at radius 2 is 2.06 bits per heavy atom. The molecule has 7 heteroatoms. The van der Waals surface area contributed by atoms with Gasteiger partial charge in [0.2, 0.25) is 11.9 Å². The molecule has 1 saturated carbocycles. The average molecular weight is 252 g/mol. The molecule has 100 valence electrons. The molecule has 1 aromatic rings. The summed E-state index contributed by atoms with van der Waals surface area (Å²) < 4.78 is 5.38. The second-order valence-corrected chi connectivity index (χ2v) is 4.61. The molecule has 0 saturated heterocycles. The molecule has 4 N–H and O–H groups in total. The highest BCUT2D eigenvalue weighted by Gasteiger charge is 2.32. The van der Waals surface area contributed by atoms with Gasteiger partial charge in [-0.3, -0.25) is 5.43 Å². The zero-order valence-electron chi connectivity index (χ0n) is 10.8. The van der Waals surface area contributed by atoms with Crippen LogP contribution in [0.2, 0.25) is 0 Å². The number of rotatable bonds is 7. The molecule has 18 heavy (non-hydrogen) atoms. The van der Waals surface area contributed by atoms with Crippen molar-refractivity contribution in [3.05, 3.63) is 0 Å². The largest absolute Gasteiger partial charge is 0.463 e. The maximum absolute atomic E-state index is 5.38. The standard InChI is InChI=1S/C11H20N6O/c1-3-4-18-11-15-9(14-10(16-11)17-12)13-6-8-5-7(8)2/h7-8H,3-6,12H2,1-2H3,(H2,13,14,15,16,17). The van der Waals surface area contributed by atoms with E-state index in [2.05, 4.69) is 32.6 Å². The highest BCUT2D eigenvalue weighted by atomic mass is 16.5. The van der Waals surface area contributed by atoms with Crippen LogP contribution in [0.15, 0.2) is 0 Å². The Kier molecular flexibility index (Phi) is 4.14. The number of nitrogens with two attached hydrogens (primary N) is 1. The number of hydrazine groups is 1. The van der Waals surface area contributed by atoms with Crippen molar-refractivity contribution in [2.45, 2.75) is 26.7 Å². The fourth-order valence-electron chi connectivity index (χ4n) is 1.66. The summed E-state index contributed by atoms with van der Waals surface area (Å²) in [7, 11) is 0. The summed E-state index contributed by atoms with van der Waals surface area (Å²) in [6.45, 7) is 5.72. The monoisotopic (exact) mass is 252 g/mol. The predicted octanol–water partition coefficient (Wildman–Crippen LogP) is 1.01. The Morgan fingerprint density at radius 3 is 2.67 bits per heavy atom. The van der Waals surface area contributed by atoms with Crippen LogP contribution in [0.4, 0.5) is 11.9 Å². The normalized spacial score (nSPS) is 21.5. The number of anilines is 2. The van der Waals surface area contributed by atoms with Gasteiger partial charge in [0.15, 0.2) is 0 Å². The number of ether oxygens (including phenoxy) is 1. The van der Waals surface area contributed by atoms with Gasteiger partial charge in [-0.15, -0.1) is 0 Å². The minimum atomic E-state index is 0.297. The Labute approximate surface area is 107 Å². The van der Waals surface area contributed by atoms with E-state index in [9.17, 15) is 0 Å². The predicted molar refractivity (Wildman–Crippen MR) is 69.2 cm³/mol. The van der Waals surface area contributed by atoms with Crippen molar-refractivity contribution in [2.75, 3.05) is 23.9 Å². The smallest absolute Gasteiger partial charge is 0.323 e. The summed E-state index contributed by atoms with van der Waals surface area (Å²) in [5.74, 6) is 7.64. The average Bonchev–Trinajstić information content (AvgIpc) is 3.09. The van der Waals surface area contributed by atoms with Crippen molar-refractivity contribution in [1.82, 2.24) is 15.0 Å². The van der Waals surface area contributed by atoms with Gasteiger partial charge in [-0.05, 0) is 24.7 Å². The molecule has 0 spiro atoms. The van der Waals surface area contributed by atoms with E-state index in [1.54, 1.807) is 0 Å². The first-order valence-corrected chi connectivity index (χ1v) is 6.32. The molecular weight excluding hydrogens is 232 g/mol. The highest BCUT2D eigenvalue weighted by molar-refractivity contribution is 5.35. The van der Waals surface area contributed by atoms with Gasteiger partial charge in [0.05, 0.1) is 6.61 Å². The molecule has 1 aliphatic carbocycles. The SMILES string of the molecule is CCCOc1nc(NN)nc(NCC2CC2C)n1. The lowest BCUT2D eigenvalue weighted by atomic mass is 10.3. The van der Waals surface area contributed by atoms with Gasteiger partial charge in [0.1, 0.15) is 0 Å². The highest BCUT2D eigenvalue weighted by Crippen LogP contribution is 2.37. The summed E-state index contributed by atoms with van der Waals surface area (Å²) >= 11 is 0. The fourth-order valence-corrected chi connectivity index (χ4v) is 1.66. The quantitative estimate of drug-likeness (QED) is 0.492. The molecule has 2 atom stereocenters. The van der Waals surface area contributed by atoms with Crippen LogP contribution in [-0.2, 0) is 0 Å². The zero-order chi connectivity index (χ0) is 13.0. The van der Waals surface area contributed by atoms with E-state index in [-0.39, 0.29) is 0 Å². The maximum Gasteiger partial charge on any atom is 0.323 e. The molecule has 0 aliphatic heterocycles. The van der Waals surface area contributed by atoms with Crippen molar-refractivity contribution in [2.24, 2.45) is 17.7 Å². The second kappa shape index (κ2) is 5.81. The van der Waals surface area contributed by atoms with Gasteiger partial charge in [-0.25, -0.2) is 5.84 Å². The van der Waals surface area contributed by atoms with Crippen LogP contribution < -0.4 is 21.3 Å². The summed E-state index contributed by atoms with van der Waals surface area (Å²) in [6.07, 6.45) is 2.17. The third kappa shape index (κ3) is 3.43. The van der Waals surface area contributed by atoms with E-state index in [1.165, 1.54) is 6.42 Å². The maximum atomic E-state index is 5.38. The molecule has 0 bridgehead atoms. The lowest BCUT2D eigenvalue weighted by Gasteiger charge is -2.08. The molecule has 2 rings (SSSR count). The van der Waals surface area contributed by atoms with E-state index < -0.39 is 0 Å². The Morgan fingerprint density at radius 1 is 1.33 bits per heavy atom. The van der Waals surface area contributed by atoms with E-state index in [4.69, 9.17) is 10.6 Å². The van der Waals surface area contributed by atoms with Crippen LogP contribution in [0, 0.1) is 11.8 Å². The molecule has 1 fully saturated rings. The van der Waals surface area contributed by atoms with Crippen LogP contribution in [0.3, 0.4) is 0 Å². The topological polar surface area (TPSA) is 98.0 Å². The first-order chi connectivity index (χ1) is 8.72. The fraction of sp³-hybridized carbons (Fsp3) is 0.727. The van der Waals surface area contributed by atoms with Gasteiger partial charge in [-0.1, -0.05) is 13.8 Å². The van der Waals surface area contributed by atoms with E-state index in [0.717, 1.165) is 24.8 Å². The first-order valence-electron chi connectivity index (χ1n) is 6.32. The van der Waals surface area contributed by atoms with E-state index in [0.29, 0.717) is 24.5 Å². The molecule has 0 radical (unpaired) electrons. The lowest BCUT2D eigenvalue weighted by Crippen LogP contribution is -2.15. The number of aromatic nitrogens is 3. The van der Waals surface area contributed by atoms with Gasteiger partial charge < -0.3 is 10.1 Å². The molecule has 2 unspecified atom stereocenters. The number of hydrogen-bond donors (Lipinski definition) is 3. The number of nitrogens with one attached hydrogen (secondary N) is 2. The second-order valence-electron chi connectivity index (χ2n) is 4.61. The number of nitrogens with zero attached hydrogens (tertiary/aromatic N) is 3. The Balaban J connectivity index is 1.98. The van der Waals surface area contributed by atoms with Gasteiger partial charge >= 0.3 is 6.01 Å². The molecule has 1 aliphatic rings. The number of nitrogen functional groups attached to an aromatic ring is 1. The summed E-state index contributed by atoms with van der Waals surface area (Å²) in [5.41, 5.74) is 2.41. The summed E-state index contributed by atoms with van der Waals surface area (Å²) in [6, 6.07) is 0.297. The molecule has 1 aromatic heterocycles. The lowest BCUT2D eigenvalue weighted by molar-refractivity contribution is 0.292.